The Balaban J connectivity index is 1.44. The van der Waals surface area contributed by atoms with Crippen molar-refractivity contribution in [3.8, 4) is 17.4 Å². The summed E-state index contributed by atoms with van der Waals surface area (Å²) in [5.41, 5.74) is 2.17. The molecule has 6 rings (SSSR count). The minimum atomic E-state index is -0.496. The molecule has 0 aliphatic carbocycles. The Labute approximate surface area is 222 Å². The summed E-state index contributed by atoms with van der Waals surface area (Å²) in [6.07, 6.45) is 3.25. The van der Waals surface area contributed by atoms with E-state index in [1.54, 1.807) is 66.5 Å². The lowest BCUT2D eigenvalue weighted by Crippen LogP contribution is -2.12. The van der Waals surface area contributed by atoms with Crippen molar-refractivity contribution in [3.63, 3.8) is 0 Å². The van der Waals surface area contributed by atoms with Crippen LogP contribution in [0.1, 0.15) is 10.4 Å². The zero-order chi connectivity index (χ0) is 26.8. The number of carbonyl (C=O) groups excluding carboxylic acids is 1. The van der Waals surface area contributed by atoms with Crippen molar-refractivity contribution >= 4 is 45.0 Å². The lowest BCUT2D eigenvalue weighted by molar-refractivity contribution is 0.102. The second-order valence-electron chi connectivity index (χ2n) is 8.51. The van der Waals surface area contributed by atoms with Gasteiger partial charge in [0.15, 0.2) is 5.75 Å². The summed E-state index contributed by atoms with van der Waals surface area (Å²) in [5, 5.41) is 24.2. The van der Waals surface area contributed by atoms with Crippen LogP contribution in [0.4, 0.5) is 17.3 Å². The molecule has 2 aromatic heterocycles. The number of para-hydroxylation sites is 2. The highest BCUT2D eigenvalue weighted by atomic mass is 16.5. The first kappa shape index (κ1) is 23.7. The van der Waals surface area contributed by atoms with Gasteiger partial charge in [-0.1, -0.05) is 36.4 Å². The molecule has 2 N–H and O–H groups in total. The van der Waals surface area contributed by atoms with E-state index in [0.717, 1.165) is 5.52 Å². The van der Waals surface area contributed by atoms with Gasteiger partial charge in [-0.05, 0) is 53.9 Å². The minimum Gasteiger partial charge on any atom is -0.505 e. The van der Waals surface area contributed by atoms with Crippen LogP contribution in [0.15, 0.2) is 108 Å². The number of imidazole rings is 1. The fraction of sp³-hybridized carbons (Fsp3) is 0.0345. The van der Waals surface area contributed by atoms with Gasteiger partial charge in [0.2, 0.25) is 5.95 Å². The number of aromatic hydroxyl groups is 1. The summed E-state index contributed by atoms with van der Waals surface area (Å²) in [4.78, 5) is 26.5. The van der Waals surface area contributed by atoms with E-state index in [2.05, 4.69) is 30.5 Å². The summed E-state index contributed by atoms with van der Waals surface area (Å²) in [6.45, 7) is 0. The maximum atomic E-state index is 13.2. The Hall–Kier alpha value is -5.64. The van der Waals surface area contributed by atoms with E-state index in [4.69, 9.17) is 4.74 Å². The van der Waals surface area contributed by atoms with E-state index in [-0.39, 0.29) is 22.9 Å². The number of carbonyl (C=O) groups is 1. The fourth-order valence-corrected chi connectivity index (χ4v) is 4.24. The summed E-state index contributed by atoms with van der Waals surface area (Å²) in [7, 11) is 1.57. The van der Waals surface area contributed by atoms with Crippen molar-refractivity contribution in [2.75, 3.05) is 12.4 Å². The number of nitrogens with zero attached hydrogens (tertiary/aromatic N) is 6. The molecule has 0 atom stereocenters. The number of ether oxygens (including phenoxy) is 1. The van der Waals surface area contributed by atoms with Gasteiger partial charge in [-0.25, -0.2) is 19.5 Å². The molecule has 0 aliphatic heterocycles. The molecule has 2 heterocycles. The highest BCUT2D eigenvalue weighted by Crippen LogP contribution is 2.40. The third-order valence-electron chi connectivity index (χ3n) is 6.12. The number of hydrogen-bond acceptors (Lipinski definition) is 8. The largest absolute Gasteiger partial charge is 0.505 e. The molecule has 39 heavy (non-hydrogen) atoms. The van der Waals surface area contributed by atoms with E-state index >= 15 is 0 Å². The maximum Gasteiger partial charge on any atom is 0.259 e. The van der Waals surface area contributed by atoms with Crippen LogP contribution in [-0.2, 0) is 0 Å². The van der Waals surface area contributed by atoms with Crippen molar-refractivity contribution in [2.24, 2.45) is 10.2 Å². The summed E-state index contributed by atoms with van der Waals surface area (Å²) < 4.78 is 6.85. The number of fused-ring (bicyclic) bond motifs is 2. The summed E-state index contributed by atoms with van der Waals surface area (Å²) in [5.74, 6) is 0.462. The molecule has 0 unspecified atom stereocenters. The first-order valence-electron chi connectivity index (χ1n) is 12.0. The lowest BCUT2D eigenvalue weighted by atomic mass is 10.0. The number of azo groups is 1. The van der Waals surface area contributed by atoms with Gasteiger partial charge in [-0.3, -0.25) is 4.79 Å². The van der Waals surface area contributed by atoms with E-state index < -0.39 is 5.91 Å². The van der Waals surface area contributed by atoms with Crippen LogP contribution >= 0.6 is 0 Å². The van der Waals surface area contributed by atoms with Gasteiger partial charge in [0.1, 0.15) is 11.4 Å². The number of methoxy groups -OCH3 is 1. The van der Waals surface area contributed by atoms with Gasteiger partial charge in [-0.15, -0.1) is 10.2 Å². The third-order valence-corrected chi connectivity index (χ3v) is 6.12. The van der Waals surface area contributed by atoms with Gasteiger partial charge in [0.05, 0.1) is 23.7 Å². The Morgan fingerprint density at radius 3 is 2.46 bits per heavy atom. The second kappa shape index (κ2) is 10.0. The normalized spacial score (nSPS) is 11.3. The third kappa shape index (κ3) is 4.51. The number of rotatable bonds is 6. The van der Waals surface area contributed by atoms with Gasteiger partial charge >= 0.3 is 0 Å². The average Bonchev–Trinajstić information content (AvgIpc) is 3.35. The van der Waals surface area contributed by atoms with E-state index in [9.17, 15) is 9.90 Å². The zero-order valence-corrected chi connectivity index (χ0v) is 20.7. The molecule has 0 saturated carbocycles. The van der Waals surface area contributed by atoms with Gasteiger partial charge in [0, 0.05) is 23.5 Å². The van der Waals surface area contributed by atoms with Crippen molar-refractivity contribution in [3.05, 3.63) is 103 Å². The van der Waals surface area contributed by atoms with Crippen LogP contribution in [0.2, 0.25) is 0 Å². The topological polar surface area (TPSA) is 127 Å². The van der Waals surface area contributed by atoms with E-state index in [1.807, 2.05) is 42.5 Å². The van der Waals surface area contributed by atoms with Crippen LogP contribution in [-0.4, -0.2) is 37.6 Å². The number of phenolic OH excluding ortho intramolecular Hbond substituents is 1. The summed E-state index contributed by atoms with van der Waals surface area (Å²) >= 11 is 0. The average molecular weight is 516 g/mol. The van der Waals surface area contributed by atoms with E-state index in [1.165, 1.54) is 0 Å². The van der Waals surface area contributed by atoms with Crippen molar-refractivity contribution in [2.45, 2.75) is 0 Å². The van der Waals surface area contributed by atoms with Crippen LogP contribution in [0.3, 0.4) is 0 Å². The molecule has 190 valence electrons. The van der Waals surface area contributed by atoms with Crippen molar-refractivity contribution < 1.29 is 14.6 Å². The number of aromatic nitrogens is 4. The molecule has 0 radical (unpaired) electrons. The Morgan fingerprint density at radius 1 is 0.923 bits per heavy atom. The highest BCUT2D eigenvalue weighted by Gasteiger charge is 2.20. The molecule has 1 amide bonds. The molecule has 10 heteroatoms. The maximum absolute atomic E-state index is 13.2. The number of amides is 1. The molecule has 6 aromatic rings. The number of phenols is 1. The quantitative estimate of drug-likeness (QED) is 0.249. The zero-order valence-electron chi connectivity index (χ0n) is 20.7. The van der Waals surface area contributed by atoms with Gasteiger partial charge < -0.3 is 15.2 Å². The first-order chi connectivity index (χ1) is 19.1. The molecule has 0 saturated heterocycles. The Bertz CT molecular complexity index is 1850. The van der Waals surface area contributed by atoms with Crippen LogP contribution in [0, 0.1) is 0 Å². The standard InChI is InChI=1S/C29H21N7O3/c1-39-20-13-11-19(12-14-20)32-27(38)22-17-18-7-2-3-8-21(18)25(26(22)37)34-35-29-33-23-9-4-5-10-24(23)36(29)28-30-15-6-16-31-28/h2-17,37H,1H3,(H,32,38). The van der Waals surface area contributed by atoms with Crippen LogP contribution in [0.5, 0.6) is 11.5 Å². The molecule has 4 aromatic carbocycles. The first-order valence-corrected chi connectivity index (χ1v) is 12.0. The lowest BCUT2D eigenvalue weighted by Gasteiger charge is -2.11. The Morgan fingerprint density at radius 2 is 1.67 bits per heavy atom. The van der Waals surface area contributed by atoms with Gasteiger partial charge in [-0.2, -0.15) is 0 Å². The minimum absolute atomic E-state index is 0.0540. The molecule has 10 nitrogen and oxygen atoms in total. The smallest absolute Gasteiger partial charge is 0.259 e. The second-order valence-corrected chi connectivity index (χ2v) is 8.51. The number of nitrogens with one attached hydrogen (secondary N) is 1. The van der Waals surface area contributed by atoms with Crippen molar-refractivity contribution in [1.29, 1.82) is 0 Å². The van der Waals surface area contributed by atoms with E-state index in [0.29, 0.717) is 33.7 Å². The molecular weight excluding hydrogens is 494 g/mol. The predicted molar refractivity (Wildman–Crippen MR) is 147 cm³/mol. The predicted octanol–water partition coefficient (Wildman–Crippen LogP) is 6.35. The summed E-state index contributed by atoms with van der Waals surface area (Å²) in [6, 6.07) is 25.0. The molecule has 0 spiro atoms. The van der Waals surface area contributed by atoms with Crippen molar-refractivity contribution in [1.82, 2.24) is 19.5 Å². The SMILES string of the molecule is COc1ccc(NC(=O)c2cc3ccccc3c(N=Nc3nc4ccccc4n3-c3ncccn3)c2O)cc1. The molecule has 0 aliphatic rings. The molecular formula is C29H21N7O3. The fourth-order valence-electron chi connectivity index (χ4n) is 4.24. The molecule has 0 fully saturated rings. The molecule has 0 bridgehead atoms. The van der Waals surface area contributed by atoms with Crippen LogP contribution < -0.4 is 10.1 Å². The number of anilines is 1. The van der Waals surface area contributed by atoms with Gasteiger partial charge in [0.25, 0.3) is 11.9 Å². The number of benzene rings is 4. The monoisotopic (exact) mass is 515 g/mol. The number of hydrogen-bond donors (Lipinski definition) is 2. The highest BCUT2D eigenvalue weighted by molar-refractivity contribution is 6.11. The Kier molecular flexibility index (Phi) is 6.10. The van der Waals surface area contributed by atoms with Crippen LogP contribution in [0.25, 0.3) is 27.8 Å².